The van der Waals surface area contributed by atoms with Crippen LogP contribution >= 0.6 is 11.6 Å². The molecule has 0 N–H and O–H groups in total. The van der Waals surface area contributed by atoms with Gasteiger partial charge < -0.3 is 14.2 Å². The van der Waals surface area contributed by atoms with Gasteiger partial charge in [-0.05, 0) is 53.6 Å². The second kappa shape index (κ2) is 10.8. The van der Waals surface area contributed by atoms with Crippen molar-refractivity contribution in [2.75, 3.05) is 0 Å². The van der Waals surface area contributed by atoms with Crippen molar-refractivity contribution in [1.82, 2.24) is 4.98 Å². The summed E-state index contributed by atoms with van der Waals surface area (Å²) in [5.41, 5.74) is 3.21. The largest absolute Gasteiger partial charge is 0.487 e. The fourth-order valence-corrected chi connectivity index (χ4v) is 3.50. The van der Waals surface area contributed by atoms with Gasteiger partial charge in [0.2, 0.25) is 0 Å². The van der Waals surface area contributed by atoms with Gasteiger partial charge in [-0.15, -0.1) is 0 Å². The van der Waals surface area contributed by atoms with Crippen LogP contribution in [-0.4, -0.2) is 16.9 Å². The maximum atomic E-state index is 11.4. The van der Waals surface area contributed by atoms with E-state index in [0.29, 0.717) is 17.4 Å². The van der Waals surface area contributed by atoms with Crippen molar-refractivity contribution < 1.29 is 23.8 Å². The molecule has 4 rings (SSSR count). The zero-order valence-corrected chi connectivity index (χ0v) is 19.9. The van der Waals surface area contributed by atoms with Crippen molar-refractivity contribution in [3.8, 4) is 17.2 Å². The van der Waals surface area contributed by atoms with Gasteiger partial charge in [-0.1, -0.05) is 54.1 Å². The summed E-state index contributed by atoms with van der Waals surface area (Å²) < 4.78 is 16.3. The molecule has 0 saturated carbocycles. The second-order valence-electron chi connectivity index (χ2n) is 7.71. The fraction of sp³-hybridized carbons (Fsp3) is 0.107. The molecule has 1 aromatic heterocycles. The number of fused-ring (bicyclic) bond motifs is 1. The number of halogens is 1. The lowest BCUT2D eigenvalue weighted by atomic mass is 10.1. The van der Waals surface area contributed by atoms with E-state index in [-0.39, 0.29) is 11.5 Å². The molecule has 176 valence electrons. The summed E-state index contributed by atoms with van der Waals surface area (Å²) in [5, 5.41) is 1.64. The Kier molecular flexibility index (Phi) is 7.43. The minimum absolute atomic E-state index is 0.166. The predicted molar refractivity (Wildman–Crippen MR) is 136 cm³/mol. The molecule has 4 aromatic rings. The van der Waals surface area contributed by atoms with E-state index in [2.05, 4.69) is 0 Å². The van der Waals surface area contributed by atoms with Crippen LogP contribution in [0.4, 0.5) is 0 Å². The summed E-state index contributed by atoms with van der Waals surface area (Å²) in [6.07, 6.45) is 3.67. The van der Waals surface area contributed by atoms with E-state index in [4.69, 9.17) is 30.8 Å². The molecule has 0 radical (unpaired) electrons. The number of para-hydroxylation sites is 1. The number of hydrogen-bond donors (Lipinski definition) is 0. The SMILES string of the molecule is CC(=O)Oc1ccc(C=Cc2ccc3cccc(OCc4ccc(Cl)cc4)c3n2)cc1OC(C)=O. The first-order valence-electron chi connectivity index (χ1n) is 10.8. The zero-order valence-electron chi connectivity index (χ0n) is 19.2. The van der Waals surface area contributed by atoms with Crippen molar-refractivity contribution in [3.05, 3.63) is 94.6 Å². The number of hydrogen-bond acceptors (Lipinski definition) is 6. The number of ether oxygens (including phenoxy) is 3. The Bertz CT molecular complexity index is 1410. The number of aromatic nitrogens is 1. The molecule has 7 heteroatoms. The first-order chi connectivity index (χ1) is 16.9. The first-order valence-corrected chi connectivity index (χ1v) is 11.2. The Morgan fingerprint density at radius 3 is 2.31 bits per heavy atom. The second-order valence-corrected chi connectivity index (χ2v) is 8.14. The molecular weight excluding hydrogens is 466 g/mol. The summed E-state index contributed by atoms with van der Waals surface area (Å²) in [6, 6.07) is 22.1. The van der Waals surface area contributed by atoms with Gasteiger partial charge in [-0.25, -0.2) is 4.98 Å². The average molecular weight is 488 g/mol. The lowest BCUT2D eigenvalue weighted by molar-refractivity contribution is -0.134. The van der Waals surface area contributed by atoms with Gasteiger partial charge in [0.25, 0.3) is 0 Å². The normalized spacial score (nSPS) is 10.9. The molecule has 1 heterocycles. The van der Waals surface area contributed by atoms with Crippen molar-refractivity contribution in [3.63, 3.8) is 0 Å². The zero-order chi connectivity index (χ0) is 24.8. The molecule has 3 aromatic carbocycles. The van der Waals surface area contributed by atoms with Crippen LogP contribution in [0.15, 0.2) is 72.8 Å². The van der Waals surface area contributed by atoms with Gasteiger partial charge in [0.15, 0.2) is 11.5 Å². The molecule has 0 aliphatic heterocycles. The van der Waals surface area contributed by atoms with Crippen LogP contribution in [0.3, 0.4) is 0 Å². The monoisotopic (exact) mass is 487 g/mol. The standard InChI is InChI=1S/C28H22ClNO5/c1-18(31)34-25-15-9-20(16-27(25)35-19(2)32)8-13-24-14-10-22-4-3-5-26(28(22)30-24)33-17-21-6-11-23(29)12-7-21/h3-16H,17H2,1-2H3. The smallest absolute Gasteiger partial charge is 0.308 e. The maximum Gasteiger partial charge on any atom is 0.308 e. The number of rotatable bonds is 7. The fourth-order valence-electron chi connectivity index (χ4n) is 3.37. The van der Waals surface area contributed by atoms with Crippen LogP contribution in [0.5, 0.6) is 17.2 Å². The van der Waals surface area contributed by atoms with Gasteiger partial charge in [0.1, 0.15) is 17.9 Å². The van der Waals surface area contributed by atoms with Crippen LogP contribution in [0, 0.1) is 0 Å². The highest BCUT2D eigenvalue weighted by Gasteiger charge is 2.11. The Morgan fingerprint density at radius 2 is 1.57 bits per heavy atom. The molecule has 0 aliphatic rings. The summed E-state index contributed by atoms with van der Waals surface area (Å²) >= 11 is 5.96. The molecule has 0 fully saturated rings. The van der Waals surface area contributed by atoms with E-state index in [1.807, 2.05) is 66.7 Å². The molecule has 0 saturated heterocycles. The van der Waals surface area contributed by atoms with E-state index in [1.165, 1.54) is 13.8 Å². The quantitative estimate of drug-likeness (QED) is 0.219. The molecule has 0 amide bonds. The van der Waals surface area contributed by atoms with Gasteiger partial charge in [0, 0.05) is 24.3 Å². The lowest BCUT2D eigenvalue weighted by Crippen LogP contribution is -2.07. The molecule has 0 spiro atoms. The third kappa shape index (κ3) is 6.46. The van der Waals surface area contributed by atoms with Gasteiger partial charge in [-0.2, -0.15) is 0 Å². The van der Waals surface area contributed by atoms with E-state index in [9.17, 15) is 9.59 Å². The summed E-state index contributed by atoms with van der Waals surface area (Å²) in [6.45, 7) is 2.96. The van der Waals surface area contributed by atoms with E-state index >= 15 is 0 Å². The number of pyridine rings is 1. The van der Waals surface area contributed by atoms with E-state index in [1.54, 1.807) is 18.2 Å². The van der Waals surface area contributed by atoms with Crippen LogP contribution < -0.4 is 14.2 Å². The number of nitrogens with zero attached hydrogens (tertiary/aromatic N) is 1. The Balaban J connectivity index is 1.57. The molecule has 0 atom stereocenters. The molecule has 0 aliphatic carbocycles. The minimum atomic E-state index is -0.512. The predicted octanol–water partition coefficient (Wildman–Crippen LogP) is 6.49. The van der Waals surface area contributed by atoms with Crippen LogP contribution in [0.2, 0.25) is 5.02 Å². The lowest BCUT2D eigenvalue weighted by Gasteiger charge is -2.10. The van der Waals surface area contributed by atoms with E-state index in [0.717, 1.165) is 27.7 Å². The highest BCUT2D eigenvalue weighted by molar-refractivity contribution is 6.30. The van der Waals surface area contributed by atoms with Crippen molar-refractivity contribution in [2.24, 2.45) is 0 Å². The molecule has 35 heavy (non-hydrogen) atoms. The number of benzene rings is 3. The number of esters is 2. The van der Waals surface area contributed by atoms with Crippen molar-refractivity contribution in [2.45, 2.75) is 20.5 Å². The topological polar surface area (TPSA) is 74.7 Å². The third-order valence-electron chi connectivity index (χ3n) is 4.93. The molecular formula is C28H22ClNO5. The molecule has 0 unspecified atom stereocenters. The summed E-state index contributed by atoms with van der Waals surface area (Å²) in [4.78, 5) is 27.5. The molecule has 6 nitrogen and oxygen atoms in total. The van der Waals surface area contributed by atoms with Gasteiger partial charge >= 0.3 is 11.9 Å². The third-order valence-corrected chi connectivity index (χ3v) is 5.19. The van der Waals surface area contributed by atoms with Crippen molar-refractivity contribution >= 4 is 46.6 Å². The molecule has 0 bridgehead atoms. The highest BCUT2D eigenvalue weighted by atomic mass is 35.5. The van der Waals surface area contributed by atoms with Gasteiger partial charge in [0.05, 0.1) is 5.69 Å². The van der Waals surface area contributed by atoms with Crippen LogP contribution in [0.1, 0.15) is 30.7 Å². The first kappa shape index (κ1) is 24.0. The number of carbonyl (C=O) groups is 2. The average Bonchev–Trinajstić information content (AvgIpc) is 2.83. The highest BCUT2D eigenvalue weighted by Crippen LogP contribution is 2.30. The van der Waals surface area contributed by atoms with Gasteiger partial charge in [-0.3, -0.25) is 9.59 Å². The van der Waals surface area contributed by atoms with Crippen LogP contribution in [0.25, 0.3) is 23.1 Å². The van der Waals surface area contributed by atoms with Crippen LogP contribution in [-0.2, 0) is 16.2 Å². The Hall–Kier alpha value is -4.16. The Labute approximate surface area is 207 Å². The van der Waals surface area contributed by atoms with E-state index < -0.39 is 11.9 Å². The summed E-state index contributed by atoms with van der Waals surface area (Å²) in [7, 11) is 0. The maximum absolute atomic E-state index is 11.4. The minimum Gasteiger partial charge on any atom is -0.487 e. The Morgan fingerprint density at radius 1 is 0.829 bits per heavy atom. The number of carbonyl (C=O) groups excluding carboxylic acids is 2. The van der Waals surface area contributed by atoms with Crippen molar-refractivity contribution in [1.29, 1.82) is 0 Å². The summed E-state index contributed by atoms with van der Waals surface area (Å²) in [5.74, 6) is 0.00365.